The molecule has 1 aromatic carbocycles. The van der Waals surface area contributed by atoms with Gasteiger partial charge in [0.05, 0.1) is 12.7 Å². The molecule has 0 aromatic heterocycles. The average Bonchev–Trinajstić information content (AvgIpc) is 2.35. The minimum Gasteiger partial charge on any atom is -0.378 e. The van der Waals surface area contributed by atoms with Crippen LogP contribution in [-0.2, 0) is 9.47 Å². The summed E-state index contributed by atoms with van der Waals surface area (Å²) in [7, 11) is 0. The molecule has 1 aromatic rings. The predicted octanol–water partition coefficient (Wildman–Crippen LogP) is 2.45. The van der Waals surface area contributed by atoms with Crippen LogP contribution in [0.25, 0.3) is 0 Å². The van der Waals surface area contributed by atoms with Crippen LogP contribution in [0, 0.1) is 18.6 Å². The molecule has 1 unspecified atom stereocenters. The van der Waals surface area contributed by atoms with Crippen molar-refractivity contribution >= 4 is 5.69 Å². The maximum atomic E-state index is 13.6. The van der Waals surface area contributed by atoms with Crippen LogP contribution in [0.2, 0.25) is 0 Å². The van der Waals surface area contributed by atoms with Gasteiger partial charge in [-0.05, 0) is 25.0 Å². The van der Waals surface area contributed by atoms with Gasteiger partial charge in [0.25, 0.3) is 0 Å². The molecule has 94 valence electrons. The van der Waals surface area contributed by atoms with E-state index < -0.39 is 11.6 Å². The number of hydrogen-bond donors (Lipinski definition) is 1. The number of halogens is 2. The summed E-state index contributed by atoms with van der Waals surface area (Å²) in [5.41, 5.74) is 0.335. The minimum absolute atomic E-state index is 0.0666. The van der Waals surface area contributed by atoms with Gasteiger partial charge in [-0.15, -0.1) is 0 Å². The van der Waals surface area contributed by atoms with E-state index >= 15 is 0 Å². The first-order valence-corrected chi connectivity index (χ1v) is 5.56. The highest BCUT2D eigenvalue weighted by atomic mass is 19.1. The van der Waals surface area contributed by atoms with Crippen LogP contribution in [0.1, 0.15) is 12.0 Å². The Balaban J connectivity index is 2.00. The normalized spacial score (nSPS) is 20.3. The van der Waals surface area contributed by atoms with Crippen LogP contribution in [0.15, 0.2) is 12.1 Å². The first kappa shape index (κ1) is 12.3. The molecule has 1 atom stereocenters. The highest BCUT2D eigenvalue weighted by Gasteiger charge is 2.16. The highest BCUT2D eigenvalue weighted by molar-refractivity contribution is 5.49. The van der Waals surface area contributed by atoms with E-state index in [1.54, 1.807) is 6.92 Å². The molecule has 3 nitrogen and oxygen atoms in total. The molecule has 1 saturated heterocycles. The second kappa shape index (κ2) is 5.42. The van der Waals surface area contributed by atoms with Crippen LogP contribution in [0.4, 0.5) is 14.5 Å². The zero-order valence-electron chi connectivity index (χ0n) is 9.63. The Morgan fingerprint density at radius 2 is 2.24 bits per heavy atom. The quantitative estimate of drug-likeness (QED) is 0.884. The van der Waals surface area contributed by atoms with Gasteiger partial charge in [-0.2, -0.15) is 0 Å². The van der Waals surface area contributed by atoms with Gasteiger partial charge in [0.1, 0.15) is 18.3 Å². The number of anilines is 1. The third kappa shape index (κ3) is 2.92. The molecule has 1 fully saturated rings. The maximum absolute atomic E-state index is 13.6. The summed E-state index contributed by atoms with van der Waals surface area (Å²) >= 11 is 0. The summed E-state index contributed by atoms with van der Waals surface area (Å²) in [6.07, 6.45) is 0.658. The SMILES string of the molecule is Cc1ccc(F)c(NCC2CCOCO2)c1F. The van der Waals surface area contributed by atoms with E-state index in [1.165, 1.54) is 12.1 Å². The van der Waals surface area contributed by atoms with Gasteiger partial charge in [-0.1, -0.05) is 6.07 Å². The lowest BCUT2D eigenvalue weighted by Gasteiger charge is -2.23. The average molecular weight is 243 g/mol. The van der Waals surface area contributed by atoms with Crippen molar-refractivity contribution in [1.82, 2.24) is 0 Å². The largest absolute Gasteiger partial charge is 0.378 e. The van der Waals surface area contributed by atoms with Crippen molar-refractivity contribution in [2.24, 2.45) is 0 Å². The van der Waals surface area contributed by atoms with Gasteiger partial charge in [-0.3, -0.25) is 0 Å². The summed E-state index contributed by atoms with van der Waals surface area (Å²) < 4.78 is 37.4. The van der Waals surface area contributed by atoms with Gasteiger partial charge in [0.2, 0.25) is 0 Å². The van der Waals surface area contributed by atoms with Crippen LogP contribution in [0.3, 0.4) is 0 Å². The smallest absolute Gasteiger partial charge is 0.152 e. The fourth-order valence-electron chi connectivity index (χ4n) is 1.70. The van der Waals surface area contributed by atoms with Gasteiger partial charge < -0.3 is 14.8 Å². The molecule has 0 amide bonds. The summed E-state index contributed by atoms with van der Waals surface area (Å²) in [6, 6.07) is 2.67. The monoisotopic (exact) mass is 243 g/mol. The van der Waals surface area contributed by atoms with E-state index in [0.717, 1.165) is 6.42 Å². The van der Waals surface area contributed by atoms with Gasteiger partial charge in [-0.25, -0.2) is 8.78 Å². The van der Waals surface area contributed by atoms with Crippen molar-refractivity contribution in [1.29, 1.82) is 0 Å². The number of benzene rings is 1. The van der Waals surface area contributed by atoms with E-state index in [9.17, 15) is 8.78 Å². The number of rotatable bonds is 3. The van der Waals surface area contributed by atoms with Crippen LogP contribution < -0.4 is 5.32 Å². The van der Waals surface area contributed by atoms with Crippen molar-refractivity contribution in [2.45, 2.75) is 19.4 Å². The first-order valence-electron chi connectivity index (χ1n) is 5.56. The van der Waals surface area contributed by atoms with E-state index in [4.69, 9.17) is 9.47 Å². The molecule has 0 saturated carbocycles. The Morgan fingerprint density at radius 1 is 1.41 bits per heavy atom. The maximum Gasteiger partial charge on any atom is 0.152 e. The molecule has 1 aliphatic rings. The molecule has 1 N–H and O–H groups in total. The fourth-order valence-corrected chi connectivity index (χ4v) is 1.70. The standard InChI is InChI=1S/C12H15F2NO2/c1-8-2-3-10(13)12(11(8)14)15-6-9-4-5-16-7-17-9/h2-3,9,15H,4-7H2,1H3. The Morgan fingerprint density at radius 3 is 2.94 bits per heavy atom. The topological polar surface area (TPSA) is 30.5 Å². The molecule has 0 bridgehead atoms. The third-order valence-corrected chi connectivity index (χ3v) is 2.76. The number of aryl methyl sites for hydroxylation is 1. The molecule has 0 aliphatic carbocycles. The minimum atomic E-state index is -0.583. The lowest BCUT2D eigenvalue weighted by atomic mass is 10.2. The summed E-state index contributed by atoms with van der Waals surface area (Å²) in [5, 5.41) is 2.76. The lowest BCUT2D eigenvalue weighted by Crippen LogP contribution is -2.30. The summed E-state index contributed by atoms with van der Waals surface area (Å²) in [4.78, 5) is 0. The summed E-state index contributed by atoms with van der Waals surface area (Å²) in [6.45, 7) is 2.84. The van der Waals surface area contributed by atoms with Crippen molar-refractivity contribution in [3.05, 3.63) is 29.3 Å². The molecule has 0 spiro atoms. The second-order valence-corrected chi connectivity index (χ2v) is 4.04. The third-order valence-electron chi connectivity index (χ3n) is 2.76. The van der Waals surface area contributed by atoms with Crippen LogP contribution in [-0.4, -0.2) is 26.0 Å². The van der Waals surface area contributed by atoms with Crippen LogP contribution in [0.5, 0.6) is 0 Å². The van der Waals surface area contributed by atoms with E-state index in [-0.39, 0.29) is 18.6 Å². The molecule has 2 rings (SSSR count). The second-order valence-electron chi connectivity index (χ2n) is 4.04. The van der Waals surface area contributed by atoms with Gasteiger partial charge in [0, 0.05) is 6.54 Å². The molecular weight excluding hydrogens is 228 g/mol. The Bertz CT molecular complexity index is 392. The lowest BCUT2D eigenvalue weighted by molar-refractivity contribution is -0.133. The number of nitrogens with one attached hydrogen (secondary N) is 1. The Hall–Kier alpha value is -1.20. The molecule has 5 heteroatoms. The Kier molecular flexibility index (Phi) is 3.91. The van der Waals surface area contributed by atoms with Crippen molar-refractivity contribution in [3.63, 3.8) is 0 Å². The van der Waals surface area contributed by atoms with Gasteiger partial charge >= 0.3 is 0 Å². The van der Waals surface area contributed by atoms with Crippen molar-refractivity contribution in [3.8, 4) is 0 Å². The van der Waals surface area contributed by atoms with Gasteiger partial charge in [0.15, 0.2) is 5.82 Å². The molecule has 1 heterocycles. The van der Waals surface area contributed by atoms with Crippen molar-refractivity contribution < 1.29 is 18.3 Å². The summed E-state index contributed by atoms with van der Waals surface area (Å²) in [5.74, 6) is -1.13. The predicted molar refractivity (Wildman–Crippen MR) is 59.9 cm³/mol. The van der Waals surface area contributed by atoms with E-state index in [0.29, 0.717) is 18.7 Å². The molecule has 0 radical (unpaired) electrons. The fraction of sp³-hybridized carbons (Fsp3) is 0.500. The van der Waals surface area contributed by atoms with Crippen LogP contribution >= 0.6 is 0 Å². The van der Waals surface area contributed by atoms with E-state index in [2.05, 4.69) is 5.32 Å². The number of ether oxygens (including phenoxy) is 2. The molecule has 17 heavy (non-hydrogen) atoms. The first-order chi connectivity index (χ1) is 8.18. The highest BCUT2D eigenvalue weighted by Crippen LogP contribution is 2.22. The number of hydrogen-bond acceptors (Lipinski definition) is 3. The Labute approximate surface area is 98.7 Å². The molecular formula is C12H15F2NO2. The zero-order chi connectivity index (χ0) is 12.3. The van der Waals surface area contributed by atoms with Crippen molar-refractivity contribution in [2.75, 3.05) is 25.3 Å². The molecule has 1 aliphatic heterocycles. The van der Waals surface area contributed by atoms with E-state index in [1.807, 2.05) is 0 Å². The zero-order valence-corrected chi connectivity index (χ0v) is 9.63.